The fraction of sp³-hybridized carbons (Fsp3) is 0.579. The third-order valence-electron chi connectivity index (χ3n) is 5.72. The van der Waals surface area contributed by atoms with Crippen LogP contribution in [0.25, 0.3) is 0 Å². The maximum absolute atomic E-state index is 12.8. The van der Waals surface area contributed by atoms with Gasteiger partial charge < -0.3 is 4.98 Å². The van der Waals surface area contributed by atoms with E-state index in [0.29, 0.717) is 18.5 Å². The number of fused-ring (bicyclic) bond motifs is 1. The fourth-order valence-corrected chi connectivity index (χ4v) is 5.84. The molecule has 0 aromatic carbocycles. The molecular formula is C19H27N5O3S2. The predicted octanol–water partition coefficient (Wildman–Crippen LogP) is 1.38. The first-order chi connectivity index (χ1) is 13.8. The Bertz CT molecular complexity index is 1020. The molecule has 8 nitrogen and oxygen atoms in total. The quantitative estimate of drug-likeness (QED) is 0.763. The third kappa shape index (κ3) is 4.31. The van der Waals surface area contributed by atoms with Crippen LogP contribution >= 0.6 is 11.3 Å². The molecule has 1 atom stereocenters. The van der Waals surface area contributed by atoms with Crippen molar-refractivity contribution in [2.75, 3.05) is 33.7 Å². The first-order valence-electron chi connectivity index (χ1n) is 9.87. The molecule has 2 aromatic heterocycles. The van der Waals surface area contributed by atoms with Gasteiger partial charge in [-0.3, -0.25) is 9.69 Å². The summed E-state index contributed by atoms with van der Waals surface area (Å²) in [5.41, 5.74) is 2.32. The lowest BCUT2D eigenvalue weighted by Crippen LogP contribution is -2.45. The maximum Gasteiger partial charge on any atom is 0.281 e. The molecule has 2 aliphatic heterocycles. The highest BCUT2D eigenvalue weighted by molar-refractivity contribution is 7.86. The molecule has 4 heterocycles. The van der Waals surface area contributed by atoms with E-state index in [-0.39, 0.29) is 18.0 Å². The Kier molecular flexibility index (Phi) is 5.90. The Labute approximate surface area is 175 Å². The van der Waals surface area contributed by atoms with Crippen molar-refractivity contribution in [3.05, 3.63) is 49.8 Å². The highest BCUT2D eigenvalue weighted by Crippen LogP contribution is 2.27. The van der Waals surface area contributed by atoms with Crippen LogP contribution in [0.4, 0.5) is 0 Å². The minimum absolute atomic E-state index is 0.0768. The highest BCUT2D eigenvalue weighted by Gasteiger charge is 2.32. The number of aromatic nitrogens is 2. The summed E-state index contributed by atoms with van der Waals surface area (Å²) in [4.78, 5) is 22.9. The van der Waals surface area contributed by atoms with E-state index in [1.54, 1.807) is 11.3 Å². The number of H-pyrrole nitrogens is 1. The molecule has 4 rings (SSSR count). The van der Waals surface area contributed by atoms with Crippen LogP contribution in [0, 0.1) is 0 Å². The fourth-order valence-electron chi connectivity index (χ4n) is 4.10. The molecule has 0 bridgehead atoms. The topological polar surface area (TPSA) is 89.6 Å². The molecule has 0 spiro atoms. The first-order valence-corrected chi connectivity index (χ1v) is 12.2. The number of likely N-dealkylation sites (tertiary alicyclic amines) is 1. The van der Waals surface area contributed by atoms with Crippen LogP contribution in [0.1, 0.15) is 41.4 Å². The smallest absolute Gasteiger partial charge is 0.281 e. The number of thiophene rings is 1. The van der Waals surface area contributed by atoms with Crippen LogP contribution in [0.15, 0.2) is 21.6 Å². The van der Waals surface area contributed by atoms with E-state index < -0.39 is 10.2 Å². The second-order valence-electron chi connectivity index (χ2n) is 7.96. The number of aromatic amines is 1. The van der Waals surface area contributed by atoms with Gasteiger partial charge in [-0.05, 0) is 41.8 Å². The molecule has 2 aliphatic rings. The van der Waals surface area contributed by atoms with Crippen molar-refractivity contribution in [1.29, 1.82) is 0 Å². The van der Waals surface area contributed by atoms with E-state index in [4.69, 9.17) is 4.98 Å². The van der Waals surface area contributed by atoms with Crippen LogP contribution in [-0.2, 0) is 29.7 Å². The van der Waals surface area contributed by atoms with Gasteiger partial charge in [0.15, 0.2) is 0 Å². The third-order valence-corrected chi connectivity index (χ3v) is 8.34. The average Bonchev–Trinajstić information content (AvgIpc) is 3.20. The van der Waals surface area contributed by atoms with Crippen molar-refractivity contribution < 1.29 is 8.42 Å². The number of nitrogens with zero attached hydrogens (tertiary/aromatic N) is 4. The van der Waals surface area contributed by atoms with Crippen LogP contribution in [0.2, 0.25) is 0 Å². The number of hydrogen-bond acceptors (Lipinski definition) is 6. The monoisotopic (exact) mass is 437 g/mol. The van der Waals surface area contributed by atoms with Crippen molar-refractivity contribution in [3.63, 3.8) is 0 Å². The average molecular weight is 438 g/mol. The Hall–Kier alpha value is -1.59. The van der Waals surface area contributed by atoms with Gasteiger partial charge >= 0.3 is 0 Å². The summed E-state index contributed by atoms with van der Waals surface area (Å²) in [5.74, 6) is 0.941. The SMILES string of the molecule is CN(C)S(=O)(=O)N1CCc2nc([C@@H]3CCCN(Cc4ccsc4)C3)[nH]c(=O)c2C1. The first kappa shape index (κ1) is 20.7. The standard InChI is InChI=1S/C19H27N5O3S2/c1-22(2)29(26,27)24-8-5-17-16(12-24)19(25)21-18(20-17)15-4-3-7-23(11-15)10-14-6-9-28-13-14/h6,9,13,15H,3-5,7-8,10-12H2,1-2H3,(H,20,21,25)/t15-/m1/s1. The molecule has 0 aliphatic carbocycles. The molecule has 158 valence electrons. The van der Waals surface area contributed by atoms with Crippen molar-refractivity contribution >= 4 is 21.5 Å². The second kappa shape index (κ2) is 8.27. The summed E-state index contributed by atoms with van der Waals surface area (Å²) in [6.45, 7) is 3.27. The molecule has 1 fully saturated rings. The van der Waals surface area contributed by atoms with Crippen LogP contribution < -0.4 is 5.56 Å². The van der Waals surface area contributed by atoms with Crippen molar-refractivity contribution in [2.24, 2.45) is 0 Å². The lowest BCUT2D eigenvalue weighted by molar-refractivity contribution is 0.196. The molecule has 2 aromatic rings. The van der Waals surface area contributed by atoms with Gasteiger partial charge in [0.2, 0.25) is 0 Å². The van der Waals surface area contributed by atoms with Gasteiger partial charge in [-0.1, -0.05) is 0 Å². The number of piperidine rings is 1. The second-order valence-corrected chi connectivity index (χ2v) is 10.9. The normalized spacial score (nSPS) is 21.4. The minimum Gasteiger partial charge on any atom is -0.310 e. The summed E-state index contributed by atoms with van der Waals surface area (Å²) in [7, 11) is -0.539. The van der Waals surface area contributed by atoms with Gasteiger partial charge in [-0.2, -0.15) is 28.4 Å². The van der Waals surface area contributed by atoms with E-state index >= 15 is 0 Å². The highest BCUT2D eigenvalue weighted by atomic mass is 32.2. The lowest BCUT2D eigenvalue weighted by Gasteiger charge is -2.33. The zero-order valence-corrected chi connectivity index (χ0v) is 18.4. The van der Waals surface area contributed by atoms with Gasteiger partial charge in [0.05, 0.1) is 11.3 Å². The summed E-state index contributed by atoms with van der Waals surface area (Å²) in [6.07, 6.45) is 2.54. The molecule has 0 unspecified atom stereocenters. The van der Waals surface area contributed by atoms with Gasteiger partial charge in [0, 0.05) is 52.6 Å². The van der Waals surface area contributed by atoms with E-state index in [9.17, 15) is 13.2 Å². The van der Waals surface area contributed by atoms with Crippen molar-refractivity contribution in [3.8, 4) is 0 Å². The van der Waals surface area contributed by atoms with Crippen LogP contribution in [-0.4, -0.2) is 65.6 Å². The van der Waals surface area contributed by atoms with E-state index in [1.807, 2.05) is 0 Å². The number of nitrogens with one attached hydrogen (secondary N) is 1. The Morgan fingerprint density at radius 1 is 1.34 bits per heavy atom. The molecule has 10 heteroatoms. The molecule has 0 amide bonds. The van der Waals surface area contributed by atoms with Gasteiger partial charge in [-0.15, -0.1) is 0 Å². The summed E-state index contributed by atoms with van der Waals surface area (Å²) in [6, 6.07) is 2.15. The molecule has 0 radical (unpaired) electrons. The van der Waals surface area contributed by atoms with Crippen LogP contribution in [0.3, 0.4) is 0 Å². The zero-order chi connectivity index (χ0) is 20.6. The largest absolute Gasteiger partial charge is 0.310 e. The van der Waals surface area contributed by atoms with E-state index in [1.165, 1.54) is 28.3 Å². The molecule has 1 saturated heterocycles. The van der Waals surface area contributed by atoms with E-state index in [2.05, 4.69) is 26.7 Å². The van der Waals surface area contributed by atoms with E-state index in [0.717, 1.165) is 44.0 Å². The summed E-state index contributed by atoms with van der Waals surface area (Å²) >= 11 is 1.71. The maximum atomic E-state index is 12.8. The van der Waals surface area contributed by atoms with Gasteiger partial charge in [0.25, 0.3) is 15.8 Å². The molecule has 29 heavy (non-hydrogen) atoms. The Balaban J connectivity index is 1.52. The Morgan fingerprint density at radius 2 is 2.17 bits per heavy atom. The van der Waals surface area contributed by atoms with Crippen molar-refractivity contribution in [1.82, 2.24) is 23.5 Å². The lowest BCUT2D eigenvalue weighted by atomic mass is 9.96. The summed E-state index contributed by atoms with van der Waals surface area (Å²) < 4.78 is 27.3. The zero-order valence-electron chi connectivity index (χ0n) is 16.8. The number of hydrogen-bond donors (Lipinski definition) is 1. The Morgan fingerprint density at radius 3 is 2.90 bits per heavy atom. The van der Waals surface area contributed by atoms with Gasteiger partial charge in [0.1, 0.15) is 5.82 Å². The summed E-state index contributed by atoms with van der Waals surface area (Å²) in [5, 5.41) is 4.27. The van der Waals surface area contributed by atoms with Gasteiger partial charge in [-0.25, -0.2) is 4.98 Å². The minimum atomic E-state index is -3.54. The van der Waals surface area contributed by atoms with Crippen LogP contribution in [0.5, 0.6) is 0 Å². The predicted molar refractivity (Wildman–Crippen MR) is 113 cm³/mol. The molecule has 1 N–H and O–H groups in total. The molecule has 0 saturated carbocycles. The number of rotatable bonds is 5. The van der Waals surface area contributed by atoms with Crippen molar-refractivity contribution in [2.45, 2.75) is 38.3 Å². The molecular weight excluding hydrogens is 410 g/mol.